The number of alkyl halides is 2. The summed E-state index contributed by atoms with van der Waals surface area (Å²) in [5, 5.41) is 4.09. The summed E-state index contributed by atoms with van der Waals surface area (Å²) in [5.41, 5.74) is 1.96. The average molecular weight is 335 g/mol. The summed E-state index contributed by atoms with van der Waals surface area (Å²) in [7, 11) is 1.77. The van der Waals surface area contributed by atoms with Gasteiger partial charge in [-0.15, -0.1) is 0 Å². The highest BCUT2D eigenvalue weighted by atomic mass is 19.3. The number of rotatable bonds is 5. The van der Waals surface area contributed by atoms with Crippen LogP contribution in [0.25, 0.3) is 11.1 Å². The van der Waals surface area contributed by atoms with Crippen molar-refractivity contribution < 1.29 is 13.5 Å². The van der Waals surface area contributed by atoms with Crippen molar-refractivity contribution in [3.8, 4) is 16.9 Å². The fourth-order valence-electron chi connectivity index (χ4n) is 3.02. The molecule has 0 fully saturated rings. The third-order valence-electron chi connectivity index (χ3n) is 4.57. The van der Waals surface area contributed by atoms with E-state index in [2.05, 4.69) is 23.8 Å². The van der Waals surface area contributed by atoms with Gasteiger partial charge in [0.25, 0.3) is 6.43 Å². The second kappa shape index (κ2) is 6.79. The lowest BCUT2D eigenvalue weighted by Crippen LogP contribution is -2.36. The van der Waals surface area contributed by atoms with Crippen molar-refractivity contribution in [1.29, 1.82) is 0 Å². The number of ether oxygens (including phenoxy) is 1. The molecule has 1 atom stereocenters. The SMILES string of the molecule is CCC(C)CN1CCOc2cc(-c3cnn(C)c3)c(C(F)F)cc21. The number of aryl methyl sites for hydroxylation is 1. The topological polar surface area (TPSA) is 30.3 Å². The van der Waals surface area contributed by atoms with E-state index < -0.39 is 6.43 Å². The number of anilines is 1. The number of aromatic nitrogens is 2. The largest absolute Gasteiger partial charge is 0.490 e. The van der Waals surface area contributed by atoms with Gasteiger partial charge in [0.05, 0.1) is 18.4 Å². The van der Waals surface area contributed by atoms with Crippen LogP contribution in [0.15, 0.2) is 24.5 Å². The van der Waals surface area contributed by atoms with Crippen LogP contribution in [0.1, 0.15) is 32.3 Å². The van der Waals surface area contributed by atoms with Gasteiger partial charge in [-0.05, 0) is 23.6 Å². The minimum absolute atomic E-state index is 0.0291. The van der Waals surface area contributed by atoms with Crippen molar-refractivity contribution in [2.24, 2.45) is 13.0 Å². The highest BCUT2D eigenvalue weighted by Crippen LogP contribution is 2.41. The van der Waals surface area contributed by atoms with E-state index in [0.717, 1.165) is 25.2 Å². The molecule has 0 N–H and O–H groups in total. The van der Waals surface area contributed by atoms with E-state index in [9.17, 15) is 8.78 Å². The van der Waals surface area contributed by atoms with Crippen molar-refractivity contribution >= 4 is 5.69 Å². The molecule has 3 rings (SSSR count). The predicted octanol–water partition coefficient (Wildman–Crippen LogP) is 4.27. The third-order valence-corrected chi connectivity index (χ3v) is 4.57. The molecule has 0 spiro atoms. The first-order valence-electron chi connectivity index (χ1n) is 8.32. The zero-order chi connectivity index (χ0) is 17.3. The van der Waals surface area contributed by atoms with Crippen molar-refractivity contribution in [1.82, 2.24) is 9.78 Å². The summed E-state index contributed by atoms with van der Waals surface area (Å²) >= 11 is 0. The van der Waals surface area contributed by atoms with Crippen LogP contribution in [-0.4, -0.2) is 29.5 Å². The summed E-state index contributed by atoms with van der Waals surface area (Å²) < 4.78 is 34.7. The van der Waals surface area contributed by atoms with Crippen molar-refractivity contribution in [3.05, 3.63) is 30.1 Å². The molecule has 4 nitrogen and oxygen atoms in total. The monoisotopic (exact) mass is 335 g/mol. The Morgan fingerprint density at radius 3 is 2.75 bits per heavy atom. The Hall–Kier alpha value is -2.11. The van der Waals surface area contributed by atoms with E-state index in [0.29, 0.717) is 29.4 Å². The minimum atomic E-state index is -2.54. The number of halogens is 2. The van der Waals surface area contributed by atoms with Gasteiger partial charge in [0, 0.05) is 30.9 Å². The number of nitrogens with zero attached hydrogens (tertiary/aromatic N) is 3. The normalized spacial score (nSPS) is 15.3. The van der Waals surface area contributed by atoms with Crippen LogP contribution >= 0.6 is 0 Å². The van der Waals surface area contributed by atoms with Gasteiger partial charge in [-0.3, -0.25) is 4.68 Å². The maximum atomic E-state index is 13.7. The zero-order valence-electron chi connectivity index (χ0n) is 14.3. The summed E-state index contributed by atoms with van der Waals surface area (Å²) in [6.45, 7) is 6.47. The zero-order valence-corrected chi connectivity index (χ0v) is 14.3. The first-order valence-corrected chi connectivity index (χ1v) is 8.32. The van der Waals surface area contributed by atoms with Gasteiger partial charge >= 0.3 is 0 Å². The van der Waals surface area contributed by atoms with Gasteiger partial charge in [0.2, 0.25) is 0 Å². The number of benzene rings is 1. The average Bonchev–Trinajstić information content (AvgIpc) is 3.00. The molecule has 0 radical (unpaired) electrons. The molecule has 1 aromatic heterocycles. The van der Waals surface area contributed by atoms with Gasteiger partial charge in [0.1, 0.15) is 12.4 Å². The van der Waals surface area contributed by atoms with Crippen LogP contribution in [0.3, 0.4) is 0 Å². The molecule has 0 saturated heterocycles. The molecule has 24 heavy (non-hydrogen) atoms. The Morgan fingerprint density at radius 1 is 1.33 bits per heavy atom. The smallest absolute Gasteiger partial charge is 0.264 e. The van der Waals surface area contributed by atoms with Gasteiger partial charge in [-0.1, -0.05) is 20.3 Å². The molecule has 0 aliphatic carbocycles. The van der Waals surface area contributed by atoms with Crippen LogP contribution in [0, 0.1) is 5.92 Å². The Labute approximate surface area is 141 Å². The maximum Gasteiger partial charge on any atom is 0.264 e. The minimum Gasteiger partial charge on any atom is -0.490 e. The molecule has 130 valence electrons. The lowest BCUT2D eigenvalue weighted by Gasteiger charge is -2.34. The van der Waals surface area contributed by atoms with E-state index in [1.165, 1.54) is 0 Å². The summed E-state index contributed by atoms with van der Waals surface area (Å²) in [4.78, 5) is 2.16. The Bertz CT molecular complexity index is 714. The van der Waals surface area contributed by atoms with Crippen molar-refractivity contribution in [3.63, 3.8) is 0 Å². The molecular formula is C18H23F2N3O. The lowest BCUT2D eigenvalue weighted by atomic mass is 9.99. The standard InChI is InChI=1S/C18H23F2N3O/c1-4-12(2)10-23-5-6-24-17-8-14(13-9-21-22(3)11-13)15(18(19)20)7-16(17)23/h7-9,11-12,18H,4-6,10H2,1-3H3. The molecule has 2 heterocycles. The van der Waals surface area contributed by atoms with E-state index in [1.807, 2.05) is 0 Å². The highest BCUT2D eigenvalue weighted by molar-refractivity contribution is 5.75. The maximum absolute atomic E-state index is 13.7. The molecule has 1 aliphatic heterocycles. The Morgan fingerprint density at radius 2 is 2.12 bits per heavy atom. The molecule has 0 bridgehead atoms. The summed E-state index contributed by atoms with van der Waals surface area (Å²) in [6.07, 6.45) is 1.86. The molecule has 0 saturated carbocycles. The van der Waals surface area contributed by atoms with E-state index in [4.69, 9.17) is 4.74 Å². The number of fused-ring (bicyclic) bond motifs is 1. The molecular weight excluding hydrogens is 312 g/mol. The first-order chi connectivity index (χ1) is 11.5. The van der Waals surface area contributed by atoms with E-state index in [-0.39, 0.29) is 5.56 Å². The van der Waals surface area contributed by atoms with Gasteiger partial charge < -0.3 is 9.64 Å². The molecule has 1 unspecified atom stereocenters. The van der Waals surface area contributed by atoms with Crippen LogP contribution in [0.5, 0.6) is 5.75 Å². The number of hydrogen-bond acceptors (Lipinski definition) is 3. The first kappa shape index (κ1) is 16.7. The highest BCUT2D eigenvalue weighted by Gasteiger charge is 2.25. The molecule has 2 aromatic rings. The fourth-order valence-corrected chi connectivity index (χ4v) is 3.02. The van der Waals surface area contributed by atoms with Crippen molar-refractivity contribution in [2.75, 3.05) is 24.6 Å². The third kappa shape index (κ3) is 3.23. The van der Waals surface area contributed by atoms with Crippen LogP contribution in [0.2, 0.25) is 0 Å². The Kier molecular flexibility index (Phi) is 4.73. The quantitative estimate of drug-likeness (QED) is 0.817. The van der Waals surface area contributed by atoms with Crippen LogP contribution in [0.4, 0.5) is 14.5 Å². The van der Waals surface area contributed by atoms with Gasteiger partial charge in [-0.25, -0.2) is 8.78 Å². The molecule has 1 aliphatic rings. The Balaban J connectivity index is 2.05. The second-order valence-corrected chi connectivity index (χ2v) is 6.42. The lowest BCUT2D eigenvalue weighted by molar-refractivity contribution is 0.152. The van der Waals surface area contributed by atoms with E-state index in [1.54, 1.807) is 36.3 Å². The second-order valence-electron chi connectivity index (χ2n) is 6.42. The van der Waals surface area contributed by atoms with Gasteiger partial charge in [0.15, 0.2) is 0 Å². The molecule has 1 aromatic carbocycles. The molecule has 0 amide bonds. The van der Waals surface area contributed by atoms with Gasteiger partial charge in [-0.2, -0.15) is 5.10 Å². The van der Waals surface area contributed by atoms with Crippen LogP contribution in [-0.2, 0) is 7.05 Å². The summed E-state index contributed by atoms with van der Waals surface area (Å²) in [5.74, 6) is 1.18. The number of hydrogen-bond donors (Lipinski definition) is 0. The van der Waals surface area contributed by atoms with Crippen LogP contribution < -0.4 is 9.64 Å². The van der Waals surface area contributed by atoms with Crippen molar-refractivity contribution in [2.45, 2.75) is 26.7 Å². The predicted molar refractivity (Wildman–Crippen MR) is 90.8 cm³/mol. The summed E-state index contributed by atoms with van der Waals surface area (Å²) in [6, 6.07) is 3.32. The van der Waals surface area contributed by atoms with E-state index >= 15 is 0 Å². The molecule has 6 heteroatoms. The fraction of sp³-hybridized carbons (Fsp3) is 0.500.